The number of hydrogen-bond donors (Lipinski definition) is 1. The summed E-state index contributed by atoms with van der Waals surface area (Å²) in [5, 5.41) is 5.53. The van der Waals surface area contributed by atoms with Crippen molar-refractivity contribution in [1.82, 2.24) is 4.31 Å². The van der Waals surface area contributed by atoms with E-state index in [1.165, 1.54) is 28.8 Å². The number of esters is 1. The third-order valence-corrected chi connectivity index (χ3v) is 9.15. The van der Waals surface area contributed by atoms with Gasteiger partial charge in [0.25, 0.3) is 10.0 Å². The molecular formula is C19H18N2O5S3. The van der Waals surface area contributed by atoms with E-state index in [4.69, 9.17) is 4.74 Å². The van der Waals surface area contributed by atoms with Crippen LogP contribution in [0.2, 0.25) is 0 Å². The van der Waals surface area contributed by atoms with E-state index in [-0.39, 0.29) is 16.3 Å². The number of hydrogen-bond acceptors (Lipinski definition) is 7. The number of carbonyl (C=O) groups excluding carboxylic acids is 2. The second-order valence-electron chi connectivity index (χ2n) is 6.49. The maximum Gasteiger partial charge on any atom is 0.341 e. The lowest BCUT2D eigenvalue weighted by molar-refractivity contribution is -0.119. The number of benzene rings is 1. The predicted octanol–water partition coefficient (Wildman–Crippen LogP) is 3.54. The molecule has 1 atom stereocenters. The molecule has 3 heterocycles. The average Bonchev–Trinajstić information content (AvgIpc) is 3.46. The van der Waals surface area contributed by atoms with Crippen molar-refractivity contribution in [2.75, 3.05) is 19.0 Å². The maximum atomic E-state index is 13.0. The summed E-state index contributed by atoms with van der Waals surface area (Å²) < 4.78 is 33.0. The van der Waals surface area contributed by atoms with Crippen LogP contribution in [0.4, 0.5) is 5.00 Å². The Morgan fingerprint density at radius 2 is 2.00 bits per heavy atom. The van der Waals surface area contributed by atoms with Crippen molar-refractivity contribution >= 4 is 59.7 Å². The van der Waals surface area contributed by atoms with Crippen molar-refractivity contribution < 1.29 is 22.7 Å². The predicted molar refractivity (Wildman–Crippen MR) is 113 cm³/mol. The number of thiophene rings is 2. The van der Waals surface area contributed by atoms with Crippen LogP contribution >= 0.6 is 22.7 Å². The second kappa shape index (κ2) is 7.86. The summed E-state index contributed by atoms with van der Waals surface area (Å²) in [5.74, 6) is -0.994. The number of nitrogens with zero attached hydrogens (tertiary/aromatic N) is 1. The van der Waals surface area contributed by atoms with Gasteiger partial charge in [-0.3, -0.25) is 4.79 Å². The SMILES string of the molecule is COC(=O)c1c(NC(=O)C2CCCN2S(=O)(=O)c2cccs2)sc2ccccc12. The number of sulfonamides is 1. The fraction of sp³-hybridized carbons (Fsp3) is 0.263. The maximum absolute atomic E-state index is 13.0. The molecule has 1 unspecified atom stereocenters. The van der Waals surface area contributed by atoms with Crippen molar-refractivity contribution in [3.63, 3.8) is 0 Å². The van der Waals surface area contributed by atoms with Gasteiger partial charge < -0.3 is 10.1 Å². The summed E-state index contributed by atoms with van der Waals surface area (Å²) in [7, 11) is -2.45. The Bertz CT molecular complexity index is 1170. The Kier molecular flexibility index (Phi) is 5.43. The largest absolute Gasteiger partial charge is 0.465 e. The van der Waals surface area contributed by atoms with Crippen LogP contribution < -0.4 is 5.32 Å². The molecule has 1 aliphatic rings. The van der Waals surface area contributed by atoms with Gasteiger partial charge in [-0.15, -0.1) is 22.7 Å². The number of amides is 1. The van der Waals surface area contributed by atoms with Gasteiger partial charge in [0.1, 0.15) is 20.8 Å². The standard InChI is InChI=1S/C19H18N2O5S3/c1-26-19(23)16-12-6-2-3-8-14(12)28-18(16)20-17(22)13-7-4-10-21(13)29(24,25)15-9-5-11-27-15/h2-3,5-6,8-9,11,13H,4,7,10H2,1H3,(H,20,22). The van der Waals surface area contributed by atoms with Crippen LogP contribution in [0, 0.1) is 0 Å². The van der Waals surface area contributed by atoms with Gasteiger partial charge in [-0.05, 0) is 30.4 Å². The fourth-order valence-electron chi connectivity index (χ4n) is 3.45. The molecule has 0 aliphatic carbocycles. The zero-order valence-corrected chi connectivity index (χ0v) is 17.9. The smallest absolute Gasteiger partial charge is 0.341 e. The van der Waals surface area contributed by atoms with Crippen LogP contribution in [0.15, 0.2) is 46.0 Å². The molecule has 1 aliphatic heterocycles. The number of fused-ring (bicyclic) bond motifs is 1. The van der Waals surface area contributed by atoms with E-state index < -0.39 is 27.9 Å². The molecule has 0 bridgehead atoms. The third-order valence-electron chi connectivity index (χ3n) is 4.79. The topological polar surface area (TPSA) is 92.8 Å². The number of methoxy groups -OCH3 is 1. The van der Waals surface area contributed by atoms with E-state index in [1.54, 1.807) is 23.6 Å². The summed E-state index contributed by atoms with van der Waals surface area (Å²) in [6, 6.07) is 9.68. The number of rotatable bonds is 5. The van der Waals surface area contributed by atoms with Crippen LogP contribution in [0.5, 0.6) is 0 Å². The second-order valence-corrected chi connectivity index (χ2v) is 10.6. The highest BCUT2D eigenvalue weighted by molar-refractivity contribution is 7.91. The summed E-state index contributed by atoms with van der Waals surface area (Å²) in [6.45, 7) is 0.286. The lowest BCUT2D eigenvalue weighted by Crippen LogP contribution is -2.42. The van der Waals surface area contributed by atoms with Crippen molar-refractivity contribution in [3.05, 3.63) is 47.3 Å². The van der Waals surface area contributed by atoms with Gasteiger partial charge in [0.05, 0.1) is 7.11 Å². The van der Waals surface area contributed by atoms with E-state index >= 15 is 0 Å². The monoisotopic (exact) mass is 450 g/mol. The van der Waals surface area contributed by atoms with E-state index in [0.29, 0.717) is 23.2 Å². The minimum absolute atomic E-state index is 0.217. The molecule has 1 aromatic carbocycles. The molecule has 4 rings (SSSR count). The molecule has 3 aromatic rings. The molecule has 152 valence electrons. The molecule has 0 radical (unpaired) electrons. The number of anilines is 1. The first kappa shape index (κ1) is 20.0. The van der Waals surface area contributed by atoms with Crippen LogP contribution in [0.25, 0.3) is 10.1 Å². The zero-order chi connectivity index (χ0) is 20.6. The Balaban J connectivity index is 1.65. The highest BCUT2D eigenvalue weighted by atomic mass is 32.2. The van der Waals surface area contributed by atoms with Crippen LogP contribution in [-0.4, -0.2) is 44.3 Å². The highest BCUT2D eigenvalue weighted by Gasteiger charge is 2.40. The van der Waals surface area contributed by atoms with Crippen molar-refractivity contribution in [2.24, 2.45) is 0 Å². The Hall–Kier alpha value is -2.27. The minimum atomic E-state index is -3.73. The fourth-order valence-corrected chi connectivity index (χ4v) is 7.32. The summed E-state index contributed by atoms with van der Waals surface area (Å²) in [6.07, 6.45) is 1.02. The van der Waals surface area contributed by atoms with Gasteiger partial charge in [0.2, 0.25) is 5.91 Å². The number of carbonyl (C=O) groups is 2. The normalized spacial score (nSPS) is 17.5. The van der Waals surface area contributed by atoms with Crippen LogP contribution in [-0.2, 0) is 19.6 Å². The molecule has 29 heavy (non-hydrogen) atoms. The van der Waals surface area contributed by atoms with Crippen LogP contribution in [0.1, 0.15) is 23.2 Å². The molecule has 1 N–H and O–H groups in total. The first-order valence-corrected chi connectivity index (χ1v) is 12.0. The van der Waals surface area contributed by atoms with Gasteiger partial charge in [0.15, 0.2) is 0 Å². The quantitative estimate of drug-likeness (QED) is 0.600. The molecule has 7 nitrogen and oxygen atoms in total. The van der Waals surface area contributed by atoms with Crippen molar-refractivity contribution in [1.29, 1.82) is 0 Å². The van der Waals surface area contributed by atoms with Gasteiger partial charge in [-0.1, -0.05) is 24.3 Å². The van der Waals surface area contributed by atoms with E-state index in [2.05, 4.69) is 5.32 Å². The number of nitrogens with one attached hydrogen (secondary N) is 1. The van der Waals surface area contributed by atoms with Gasteiger partial charge in [-0.2, -0.15) is 4.31 Å². The third kappa shape index (κ3) is 3.57. The lowest BCUT2D eigenvalue weighted by atomic mass is 10.1. The number of ether oxygens (including phenoxy) is 1. The lowest BCUT2D eigenvalue weighted by Gasteiger charge is -2.22. The average molecular weight is 451 g/mol. The molecule has 10 heteroatoms. The van der Waals surface area contributed by atoms with Gasteiger partial charge >= 0.3 is 5.97 Å². The van der Waals surface area contributed by atoms with E-state index in [1.807, 2.05) is 12.1 Å². The Labute approximate surface area is 176 Å². The van der Waals surface area contributed by atoms with Crippen molar-refractivity contribution in [3.8, 4) is 0 Å². The molecule has 1 amide bonds. The summed E-state index contributed by atoms with van der Waals surface area (Å²) >= 11 is 2.39. The molecule has 1 fully saturated rings. The molecule has 0 spiro atoms. The first-order valence-electron chi connectivity index (χ1n) is 8.89. The summed E-state index contributed by atoms with van der Waals surface area (Å²) in [5.41, 5.74) is 0.284. The molecule has 2 aromatic heterocycles. The highest BCUT2D eigenvalue weighted by Crippen LogP contribution is 2.37. The van der Waals surface area contributed by atoms with E-state index in [9.17, 15) is 18.0 Å². The van der Waals surface area contributed by atoms with Crippen LogP contribution in [0.3, 0.4) is 0 Å². The summed E-state index contributed by atoms with van der Waals surface area (Å²) in [4.78, 5) is 25.3. The molecule has 0 saturated carbocycles. The molecular weight excluding hydrogens is 432 g/mol. The Morgan fingerprint density at radius 1 is 1.21 bits per heavy atom. The van der Waals surface area contributed by atoms with Crippen molar-refractivity contribution in [2.45, 2.75) is 23.1 Å². The Morgan fingerprint density at radius 3 is 2.72 bits per heavy atom. The van der Waals surface area contributed by atoms with E-state index in [0.717, 1.165) is 16.0 Å². The minimum Gasteiger partial charge on any atom is -0.465 e. The van der Waals surface area contributed by atoms with Gasteiger partial charge in [-0.25, -0.2) is 13.2 Å². The molecule has 1 saturated heterocycles. The van der Waals surface area contributed by atoms with Gasteiger partial charge in [0, 0.05) is 16.6 Å². The first-order chi connectivity index (χ1) is 13.9. The zero-order valence-electron chi connectivity index (χ0n) is 15.5.